The minimum Gasteiger partial charge on any atom is -0.507 e. The molecule has 0 aliphatic heterocycles. The average molecular weight is 487 g/mol. The van der Waals surface area contributed by atoms with E-state index in [4.69, 9.17) is 0 Å². The number of phenols is 1. The minimum absolute atomic E-state index is 0.0970. The van der Waals surface area contributed by atoms with Crippen LogP contribution in [-0.4, -0.2) is 10.9 Å². The van der Waals surface area contributed by atoms with Crippen LogP contribution in [0.25, 0.3) is 38.2 Å². The fourth-order valence-electron chi connectivity index (χ4n) is 6.71. The highest BCUT2D eigenvalue weighted by Crippen LogP contribution is 2.52. The van der Waals surface area contributed by atoms with Crippen molar-refractivity contribution in [2.75, 3.05) is 0 Å². The van der Waals surface area contributed by atoms with Gasteiger partial charge >= 0.3 is 0 Å². The van der Waals surface area contributed by atoms with Gasteiger partial charge in [0, 0.05) is 17.4 Å². The molecule has 0 bridgehead atoms. The standard InChI is InChI=1S/C35H34O2/c1-6-29(36)32-26-10-8-7-9-21(26)11-13-27(32)23-17-22-12-14-28-25-15-16-34(2,3)19-24(25)20-35(4,5)33(28)31(22)30(37)18-23/h7-18,37H,6,19-20H2,1-5H3. The maximum absolute atomic E-state index is 13.2. The third-order valence-electron chi connectivity index (χ3n) is 8.31. The van der Waals surface area contributed by atoms with E-state index < -0.39 is 0 Å². The second-order valence-electron chi connectivity index (χ2n) is 12.1. The van der Waals surface area contributed by atoms with Crippen LogP contribution in [0.5, 0.6) is 5.75 Å². The molecule has 0 saturated heterocycles. The van der Waals surface area contributed by atoms with Crippen molar-refractivity contribution in [3.63, 3.8) is 0 Å². The van der Waals surface area contributed by atoms with Gasteiger partial charge in [-0.2, -0.15) is 0 Å². The summed E-state index contributed by atoms with van der Waals surface area (Å²) in [7, 11) is 0. The van der Waals surface area contributed by atoms with Crippen molar-refractivity contribution in [1.82, 2.24) is 0 Å². The molecule has 6 rings (SSSR count). The fraction of sp³-hybridized carbons (Fsp3) is 0.286. The normalized spacial score (nSPS) is 17.6. The van der Waals surface area contributed by atoms with Gasteiger partial charge in [-0.25, -0.2) is 0 Å². The molecule has 0 amide bonds. The van der Waals surface area contributed by atoms with Crippen LogP contribution in [0.4, 0.5) is 0 Å². The summed E-state index contributed by atoms with van der Waals surface area (Å²) in [6, 6.07) is 20.5. The lowest BCUT2D eigenvalue weighted by Crippen LogP contribution is -2.27. The van der Waals surface area contributed by atoms with Gasteiger partial charge in [0.25, 0.3) is 0 Å². The Balaban J connectivity index is 1.59. The third kappa shape index (κ3) is 3.73. The van der Waals surface area contributed by atoms with Crippen LogP contribution in [0.1, 0.15) is 75.4 Å². The van der Waals surface area contributed by atoms with Gasteiger partial charge in [0.15, 0.2) is 5.78 Å². The van der Waals surface area contributed by atoms with Gasteiger partial charge in [0.05, 0.1) is 0 Å². The van der Waals surface area contributed by atoms with Gasteiger partial charge in [0.2, 0.25) is 0 Å². The van der Waals surface area contributed by atoms with E-state index in [0.29, 0.717) is 6.42 Å². The molecule has 186 valence electrons. The molecule has 0 aromatic heterocycles. The van der Waals surface area contributed by atoms with E-state index >= 15 is 0 Å². The van der Waals surface area contributed by atoms with E-state index in [-0.39, 0.29) is 22.4 Å². The van der Waals surface area contributed by atoms with Crippen LogP contribution in [-0.2, 0) is 5.41 Å². The van der Waals surface area contributed by atoms with Crippen LogP contribution < -0.4 is 0 Å². The number of ketones is 1. The zero-order valence-electron chi connectivity index (χ0n) is 22.4. The number of phenolic OH excluding ortho intramolecular Hbond substituents is 1. The summed E-state index contributed by atoms with van der Waals surface area (Å²) in [5, 5.41) is 15.5. The number of allylic oxidation sites excluding steroid dienone is 4. The van der Waals surface area contributed by atoms with E-state index in [9.17, 15) is 9.90 Å². The largest absolute Gasteiger partial charge is 0.507 e. The van der Waals surface area contributed by atoms with Gasteiger partial charge < -0.3 is 5.11 Å². The zero-order valence-corrected chi connectivity index (χ0v) is 22.4. The zero-order chi connectivity index (χ0) is 26.1. The number of carbonyl (C=O) groups is 1. The Kier molecular flexibility index (Phi) is 5.25. The molecule has 0 unspecified atom stereocenters. The molecule has 0 fully saturated rings. The molecule has 1 N–H and O–H groups in total. The van der Waals surface area contributed by atoms with Crippen molar-refractivity contribution in [2.24, 2.45) is 5.41 Å². The van der Waals surface area contributed by atoms with Crippen molar-refractivity contribution in [3.8, 4) is 16.9 Å². The SMILES string of the molecule is CCC(=O)c1c(-c2cc(O)c3c4c(ccc3c2)C2=C(CC(C)(C)C=C2)CC4(C)C)ccc2ccccc12. The van der Waals surface area contributed by atoms with Crippen LogP contribution in [0.3, 0.4) is 0 Å². The summed E-state index contributed by atoms with van der Waals surface area (Å²) in [6.07, 6.45) is 7.11. The second kappa shape index (κ2) is 8.18. The quantitative estimate of drug-likeness (QED) is 0.293. The van der Waals surface area contributed by atoms with Crippen LogP contribution in [0.2, 0.25) is 0 Å². The highest BCUT2D eigenvalue weighted by atomic mass is 16.3. The summed E-state index contributed by atoms with van der Waals surface area (Å²) in [6.45, 7) is 11.1. The maximum atomic E-state index is 13.2. The molecule has 0 heterocycles. The molecule has 2 aliphatic carbocycles. The summed E-state index contributed by atoms with van der Waals surface area (Å²) in [5.41, 5.74) is 7.86. The molecular formula is C35H34O2. The predicted molar refractivity (Wildman–Crippen MR) is 155 cm³/mol. The van der Waals surface area contributed by atoms with E-state index in [1.807, 2.05) is 43.3 Å². The van der Waals surface area contributed by atoms with Gasteiger partial charge in [-0.1, -0.05) is 101 Å². The molecule has 0 spiro atoms. The smallest absolute Gasteiger partial charge is 0.163 e. The molecule has 2 heteroatoms. The summed E-state index contributed by atoms with van der Waals surface area (Å²) < 4.78 is 0. The maximum Gasteiger partial charge on any atom is 0.163 e. The van der Waals surface area contributed by atoms with Crippen LogP contribution in [0.15, 0.2) is 78.4 Å². The Labute approximate surface area is 219 Å². The molecular weight excluding hydrogens is 452 g/mol. The van der Waals surface area contributed by atoms with Crippen molar-refractivity contribution < 1.29 is 9.90 Å². The first-order valence-electron chi connectivity index (χ1n) is 13.4. The lowest BCUT2D eigenvalue weighted by molar-refractivity contribution is 0.0990. The van der Waals surface area contributed by atoms with E-state index in [0.717, 1.165) is 51.1 Å². The molecule has 4 aromatic rings. The number of benzene rings is 4. The lowest BCUT2D eigenvalue weighted by atomic mass is 9.64. The Morgan fingerprint density at radius 2 is 1.62 bits per heavy atom. The number of carbonyl (C=O) groups excluding carboxylic acids is 1. The Morgan fingerprint density at radius 3 is 2.41 bits per heavy atom. The molecule has 37 heavy (non-hydrogen) atoms. The Hall–Kier alpha value is -3.65. The Morgan fingerprint density at radius 1 is 0.892 bits per heavy atom. The van der Waals surface area contributed by atoms with Crippen molar-refractivity contribution >= 4 is 32.9 Å². The number of Topliss-reactive ketones (excluding diaryl/α,β-unsaturated/α-hetero) is 1. The van der Waals surface area contributed by atoms with Gasteiger partial charge in [-0.3, -0.25) is 4.79 Å². The van der Waals surface area contributed by atoms with E-state index in [1.54, 1.807) is 0 Å². The highest BCUT2D eigenvalue weighted by molar-refractivity contribution is 6.14. The number of aromatic hydroxyl groups is 1. The second-order valence-corrected chi connectivity index (χ2v) is 12.1. The highest BCUT2D eigenvalue weighted by Gasteiger charge is 2.37. The van der Waals surface area contributed by atoms with Gasteiger partial charge in [-0.15, -0.1) is 0 Å². The monoisotopic (exact) mass is 486 g/mol. The molecule has 2 nitrogen and oxygen atoms in total. The van der Waals surface area contributed by atoms with Gasteiger partial charge in [0.1, 0.15) is 5.75 Å². The molecule has 0 saturated carbocycles. The average Bonchev–Trinajstić information content (AvgIpc) is 2.86. The number of hydrogen-bond donors (Lipinski definition) is 1. The molecule has 4 aromatic carbocycles. The third-order valence-corrected chi connectivity index (χ3v) is 8.31. The van der Waals surface area contributed by atoms with Crippen LogP contribution >= 0.6 is 0 Å². The Bertz CT molecular complexity index is 1680. The van der Waals surface area contributed by atoms with Crippen LogP contribution in [0, 0.1) is 5.41 Å². The fourth-order valence-corrected chi connectivity index (χ4v) is 6.71. The van der Waals surface area contributed by atoms with E-state index in [2.05, 4.69) is 64.1 Å². The number of rotatable bonds is 3. The molecule has 0 atom stereocenters. The van der Waals surface area contributed by atoms with Gasteiger partial charge in [-0.05, 0) is 79.8 Å². The number of hydrogen-bond acceptors (Lipinski definition) is 2. The first kappa shape index (κ1) is 23.7. The summed E-state index contributed by atoms with van der Waals surface area (Å²) >= 11 is 0. The van der Waals surface area contributed by atoms with Crippen molar-refractivity contribution in [1.29, 1.82) is 0 Å². The topological polar surface area (TPSA) is 37.3 Å². The number of fused-ring (bicyclic) bond motifs is 5. The summed E-state index contributed by atoms with van der Waals surface area (Å²) in [5.74, 6) is 0.397. The minimum atomic E-state index is -0.0970. The first-order chi connectivity index (χ1) is 17.6. The first-order valence-corrected chi connectivity index (χ1v) is 13.4. The summed E-state index contributed by atoms with van der Waals surface area (Å²) in [4.78, 5) is 13.2. The molecule has 2 aliphatic rings. The van der Waals surface area contributed by atoms with E-state index in [1.165, 1.54) is 22.3 Å². The van der Waals surface area contributed by atoms with Crippen molar-refractivity contribution in [3.05, 3.63) is 95.1 Å². The molecule has 0 radical (unpaired) electrons. The predicted octanol–water partition coefficient (Wildman–Crippen LogP) is 9.38. The lowest BCUT2D eigenvalue weighted by Gasteiger charge is -2.40. The van der Waals surface area contributed by atoms with Crippen molar-refractivity contribution in [2.45, 2.75) is 59.3 Å².